The second-order valence-electron chi connectivity index (χ2n) is 4.41. The van der Waals surface area contributed by atoms with Crippen LogP contribution in [0, 0.1) is 0 Å². The van der Waals surface area contributed by atoms with Gasteiger partial charge in [0.2, 0.25) is 0 Å². The van der Waals surface area contributed by atoms with E-state index >= 15 is 0 Å². The van der Waals surface area contributed by atoms with E-state index in [0.717, 1.165) is 12.8 Å². The summed E-state index contributed by atoms with van der Waals surface area (Å²) in [7, 11) is 0. The van der Waals surface area contributed by atoms with Gasteiger partial charge >= 0.3 is 5.97 Å². The number of hydrogen-bond donors (Lipinski definition) is 0. The minimum absolute atomic E-state index is 0.0578. The Kier molecular flexibility index (Phi) is 2.99. The first-order valence-corrected chi connectivity index (χ1v) is 5.98. The maximum Gasteiger partial charge on any atom is 0.307 e. The molecule has 0 aromatic heterocycles. The van der Waals surface area contributed by atoms with Crippen LogP contribution in [0.2, 0.25) is 0 Å². The largest absolute Gasteiger partial charge is 0.458 e. The maximum atomic E-state index is 11.5. The van der Waals surface area contributed by atoms with Crippen LogP contribution in [0.25, 0.3) is 0 Å². The Hall–Kier alpha value is -1.31. The predicted molar refractivity (Wildman–Crippen MR) is 63.2 cm³/mol. The van der Waals surface area contributed by atoms with Crippen molar-refractivity contribution in [2.75, 3.05) is 0 Å². The summed E-state index contributed by atoms with van der Waals surface area (Å²) in [6.07, 6.45) is 2.29. The molecule has 1 saturated heterocycles. The lowest BCUT2D eigenvalue weighted by Crippen LogP contribution is -2.32. The fourth-order valence-electron chi connectivity index (χ4n) is 2.69. The number of esters is 1. The molecule has 1 fully saturated rings. The van der Waals surface area contributed by atoms with Crippen LogP contribution >= 0.6 is 0 Å². The normalized spacial score (nSPS) is 23.1. The molecule has 0 bridgehead atoms. The third-order valence-electron chi connectivity index (χ3n) is 3.72. The number of rotatable bonds is 3. The molecule has 1 aromatic carbocycles. The molecule has 1 unspecified atom stereocenters. The summed E-state index contributed by atoms with van der Waals surface area (Å²) in [5, 5.41) is 0. The molecule has 0 aliphatic carbocycles. The van der Waals surface area contributed by atoms with Crippen LogP contribution in [0.3, 0.4) is 0 Å². The summed E-state index contributed by atoms with van der Waals surface area (Å²) in [6, 6.07) is 10.2. The zero-order chi connectivity index (χ0) is 11.6. The maximum absolute atomic E-state index is 11.5. The highest BCUT2D eigenvalue weighted by atomic mass is 16.6. The second kappa shape index (κ2) is 4.28. The van der Waals surface area contributed by atoms with Crippen LogP contribution in [0.15, 0.2) is 30.3 Å². The van der Waals surface area contributed by atoms with Gasteiger partial charge in [-0.25, -0.2) is 0 Å². The van der Waals surface area contributed by atoms with Crippen molar-refractivity contribution >= 4 is 5.97 Å². The van der Waals surface area contributed by atoms with E-state index in [1.807, 2.05) is 18.2 Å². The van der Waals surface area contributed by atoms with Crippen LogP contribution in [0.5, 0.6) is 0 Å². The quantitative estimate of drug-likeness (QED) is 0.728. The van der Waals surface area contributed by atoms with Gasteiger partial charge in [0.25, 0.3) is 0 Å². The van der Waals surface area contributed by atoms with Crippen molar-refractivity contribution in [2.24, 2.45) is 0 Å². The smallest absolute Gasteiger partial charge is 0.307 e. The molecular weight excluding hydrogens is 200 g/mol. The van der Waals surface area contributed by atoms with Crippen molar-refractivity contribution in [3.05, 3.63) is 35.9 Å². The van der Waals surface area contributed by atoms with Gasteiger partial charge in [0, 0.05) is 5.92 Å². The fraction of sp³-hybridized carbons (Fsp3) is 0.500. The zero-order valence-electron chi connectivity index (χ0n) is 9.90. The number of ether oxygens (including phenoxy) is 1. The molecule has 0 spiro atoms. The summed E-state index contributed by atoms with van der Waals surface area (Å²) in [5.41, 5.74) is 0.940. The summed E-state index contributed by atoms with van der Waals surface area (Å²) in [6.45, 7) is 4.19. The SMILES string of the molecule is CCC1(CC)OC(=O)CC1c1ccccc1. The molecule has 1 aromatic rings. The first-order chi connectivity index (χ1) is 7.72. The Balaban J connectivity index is 2.36. The molecule has 2 nitrogen and oxygen atoms in total. The Labute approximate surface area is 96.6 Å². The Morgan fingerprint density at radius 1 is 1.25 bits per heavy atom. The highest BCUT2D eigenvalue weighted by Crippen LogP contribution is 2.44. The number of benzene rings is 1. The standard InChI is InChI=1S/C14H18O2/c1-3-14(4-2)12(10-13(15)16-14)11-8-6-5-7-9-11/h5-9,12H,3-4,10H2,1-2H3. The van der Waals surface area contributed by atoms with Crippen LogP contribution in [-0.4, -0.2) is 11.6 Å². The van der Waals surface area contributed by atoms with Crippen molar-refractivity contribution in [1.82, 2.24) is 0 Å². The molecule has 2 rings (SSSR count). The number of carbonyl (C=O) groups excluding carboxylic acids is 1. The van der Waals surface area contributed by atoms with Gasteiger partial charge in [0.1, 0.15) is 5.60 Å². The van der Waals surface area contributed by atoms with Crippen molar-refractivity contribution in [3.63, 3.8) is 0 Å². The number of carbonyl (C=O) groups is 1. The molecule has 2 heteroatoms. The molecule has 0 N–H and O–H groups in total. The van der Waals surface area contributed by atoms with Crippen molar-refractivity contribution in [3.8, 4) is 0 Å². The van der Waals surface area contributed by atoms with Gasteiger partial charge in [-0.1, -0.05) is 44.2 Å². The molecule has 1 atom stereocenters. The lowest BCUT2D eigenvalue weighted by molar-refractivity contribution is -0.149. The molecule has 0 amide bonds. The van der Waals surface area contributed by atoms with E-state index in [0.29, 0.717) is 6.42 Å². The van der Waals surface area contributed by atoms with E-state index in [2.05, 4.69) is 26.0 Å². The summed E-state index contributed by atoms with van der Waals surface area (Å²) in [5.74, 6) is 0.161. The fourth-order valence-corrected chi connectivity index (χ4v) is 2.69. The molecule has 0 saturated carbocycles. The van der Waals surface area contributed by atoms with Gasteiger partial charge in [-0.15, -0.1) is 0 Å². The van der Waals surface area contributed by atoms with Gasteiger partial charge in [0.05, 0.1) is 6.42 Å². The average molecular weight is 218 g/mol. The Morgan fingerprint density at radius 2 is 1.88 bits per heavy atom. The highest BCUT2D eigenvalue weighted by molar-refractivity contribution is 5.74. The molecular formula is C14H18O2. The van der Waals surface area contributed by atoms with Crippen LogP contribution in [-0.2, 0) is 9.53 Å². The van der Waals surface area contributed by atoms with Crippen molar-refractivity contribution in [2.45, 2.75) is 44.6 Å². The Morgan fingerprint density at radius 3 is 2.44 bits per heavy atom. The van der Waals surface area contributed by atoms with E-state index in [-0.39, 0.29) is 17.5 Å². The summed E-state index contributed by atoms with van der Waals surface area (Å²) < 4.78 is 5.58. The Bertz CT molecular complexity index is 366. The van der Waals surface area contributed by atoms with Crippen molar-refractivity contribution < 1.29 is 9.53 Å². The predicted octanol–water partition coefficient (Wildman–Crippen LogP) is 3.28. The molecule has 1 aliphatic rings. The highest BCUT2D eigenvalue weighted by Gasteiger charge is 2.47. The average Bonchev–Trinajstić information content (AvgIpc) is 2.68. The lowest BCUT2D eigenvalue weighted by Gasteiger charge is -2.31. The first kappa shape index (κ1) is 11.2. The van der Waals surface area contributed by atoms with E-state index < -0.39 is 0 Å². The third-order valence-corrected chi connectivity index (χ3v) is 3.72. The van der Waals surface area contributed by atoms with Crippen LogP contribution in [0.1, 0.15) is 44.6 Å². The summed E-state index contributed by atoms with van der Waals surface area (Å²) in [4.78, 5) is 11.5. The summed E-state index contributed by atoms with van der Waals surface area (Å²) >= 11 is 0. The molecule has 1 heterocycles. The van der Waals surface area contributed by atoms with Gasteiger partial charge in [-0.3, -0.25) is 4.79 Å². The van der Waals surface area contributed by atoms with Gasteiger partial charge < -0.3 is 4.74 Å². The minimum atomic E-state index is -0.279. The monoisotopic (exact) mass is 218 g/mol. The van der Waals surface area contributed by atoms with E-state index in [1.54, 1.807) is 0 Å². The van der Waals surface area contributed by atoms with E-state index in [1.165, 1.54) is 5.56 Å². The molecule has 86 valence electrons. The van der Waals surface area contributed by atoms with E-state index in [9.17, 15) is 4.79 Å². The van der Waals surface area contributed by atoms with Gasteiger partial charge in [-0.2, -0.15) is 0 Å². The van der Waals surface area contributed by atoms with Crippen LogP contribution in [0.4, 0.5) is 0 Å². The topological polar surface area (TPSA) is 26.3 Å². The lowest BCUT2D eigenvalue weighted by atomic mass is 9.78. The van der Waals surface area contributed by atoms with Crippen molar-refractivity contribution in [1.29, 1.82) is 0 Å². The number of hydrogen-bond acceptors (Lipinski definition) is 2. The molecule has 1 aliphatic heterocycles. The first-order valence-electron chi connectivity index (χ1n) is 5.98. The van der Waals surface area contributed by atoms with Crippen LogP contribution < -0.4 is 0 Å². The number of cyclic esters (lactones) is 1. The van der Waals surface area contributed by atoms with E-state index in [4.69, 9.17) is 4.74 Å². The van der Waals surface area contributed by atoms with Gasteiger partial charge in [-0.05, 0) is 18.4 Å². The third kappa shape index (κ3) is 1.73. The molecule has 0 radical (unpaired) electrons. The second-order valence-corrected chi connectivity index (χ2v) is 4.41. The zero-order valence-corrected chi connectivity index (χ0v) is 9.90. The molecule has 16 heavy (non-hydrogen) atoms. The minimum Gasteiger partial charge on any atom is -0.458 e. The van der Waals surface area contributed by atoms with Gasteiger partial charge in [0.15, 0.2) is 0 Å².